The summed E-state index contributed by atoms with van der Waals surface area (Å²) in [5.41, 5.74) is 0. The maximum Gasteiger partial charge on any atom is 0.336 e. The fraction of sp³-hybridized carbons (Fsp3) is 0. The lowest BCUT2D eigenvalue weighted by Crippen LogP contribution is -1.89. The molecule has 0 saturated carbocycles. The molecule has 0 N–H and O–H groups in total. The van der Waals surface area contributed by atoms with Gasteiger partial charge in [0.15, 0.2) is 4.67 Å². The van der Waals surface area contributed by atoms with Gasteiger partial charge in [-0.05, 0) is 34.1 Å². The highest BCUT2D eigenvalue weighted by Gasteiger charge is 2.09. The van der Waals surface area contributed by atoms with Crippen molar-refractivity contribution in [2.24, 2.45) is 0 Å². The summed E-state index contributed by atoms with van der Waals surface area (Å²) in [4.78, 5) is 10.7. The van der Waals surface area contributed by atoms with Crippen LogP contribution in [0.1, 0.15) is 5.76 Å². The molecule has 2 rings (SSSR count). The SMILES string of the molecule is O=C1C=CC(=Cc2ccc(Br)o2)O1. The maximum absolute atomic E-state index is 10.7. The first-order valence-electron chi connectivity index (χ1n) is 3.61. The Hall–Kier alpha value is -1.29. The van der Waals surface area contributed by atoms with Gasteiger partial charge in [-0.1, -0.05) is 0 Å². The van der Waals surface area contributed by atoms with Crippen molar-refractivity contribution in [2.75, 3.05) is 0 Å². The number of furan rings is 1. The van der Waals surface area contributed by atoms with E-state index in [1.165, 1.54) is 6.08 Å². The van der Waals surface area contributed by atoms with Gasteiger partial charge in [0.2, 0.25) is 0 Å². The lowest BCUT2D eigenvalue weighted by atomic mass is 10.3. The van der Waals surface area contributed by atoms with Crippen LogP contribution in [0.15, 0.2) is 39.1 Å². The number of rotatable bonds is 1. The molecule has 0 fully saturated rings. The van der Waals surface area contributed by atoms with Crippen LogP contribution in [0, 0.1) is 0 Å². The molecule has 0 saturated heterocycles. The monoisotopic (exact) mass is 240 g/mol. The van der Waals surface area contributed by atoms with E-state index in [1.54, 1.807) is 24.3 Å². The fourth-order valence-electron chi connectivity index (χ4n) is 0.958. The molecule has 66 valence electrons. The number of hydrogen-bond donors (Lipinski definition) is 0. The summed E-state index contributed by atoms with van der Waals surface area (Å²) in [7, 11) is 0. The summed E-state index contributed by atoms with van der Waals surface area (Å²) in [6.07, 6.45) is 4.61. The fourth-order valence-corrected chi connectivity index (χ4v) is 1.28. The predicted molar refractivity (Wildman–Crippen MR) is 49.6 cm³/mol. The Morgan fingerprint density at radius 3 is 2.69 bits per heavy atom. The van der Waals surface area contributed by atoms with Crippen LogP contribution in [0.5, 0.6) is 0 Å². The molecule has 1 aliphatic heterocycles. The van der Waals surface area contributed by atoms with Crippen LogP contribution in [0.25, 0.3) is 6.08 Å². The molecule has 0 bridgehead atoms. The highest BCUT2D eigenvalue weighted by Crippen LogP contribution is 2.19. The third kappa shape index (κ3) is 1.89. The van der Waals surface area contributed by atoms with E-state index in [0.717, 1.165) is 0 Å². The van der Waals surface area contributed by atoms with Crippen LogP contribution >= 0.6 is 15.9 Å². The topological polar surface area (TPSA) is 39.4 Å². The van der Waals surface area contributed by atoms with Crippen LogP contribution in [0.4, 0.5) is 0 Å². The molecule has 0 aliphatic carbocycles. The van der Waals surface area contributed by atoms with E-state index in [9.17, 15) is 4.79 Å². The second-order valence-corrected chi connectivity index (χ2v) is 3.22. The molecule has 1 aromatic heterocycles. The van der Waals surface area contributed by atoms with Crippen molar-refractivity contribution in [3.63, 3.8) is 0 Å². The number of hydrogen-bond acceptors (Lipinski definition) is 3. The highest BCUT2D eigenvalue weighted by atomic mass is 79.9. The van der Waals surface area contributed by atoms with E-state index in [-0.39, 0.29) is 5.97 Å². The van der Waals surface area contributed by atoms with E-state index in [1.807, 2.05) is 0 Å². The molecular formula is C9H5BrO3. The van der Waals surface area contributed by atoms with Crippen molar-refractivity contribution in [1.82, 2.24) is 0 Å². The second kappa shape index (κ2) is 3.22. The molecule has 2 heterocycles. The summed E-state index contributed by atoms with van der Waals surface area (Å²) in [5.74, 6) is 0.782. The summed E-state index contributed by atoms with van der Waals surface area (Å²) >= 11 is 3.17. The van der Waals surface area contributed by atoms with Gasteiger partial charge in [0, 0.05) is 12.2 Å². The van der Waals surface area contributed by atoms with Crippen molar-refractivity contribution in [2.45, 2.75) is 0 Å². The normalized spacial score (nSPS) is 18.2. The first-order valence-corrected chi connectivity index (χ1v) is 4.40. The first-order chi connectivity index (χ1) is 6.24. The summed E-state index contributed by atoms with van der Waals surface area (Å²) in [5, 5.41) is 0. The first kappa shape index (κ1) is 8.31. The zero-order chi connectivity index (χ0) is 9.26. The molecule has 13 heavy (non-hydrogen) atoms. The molecule has 0 atom stereocenters. The van der Waals surface area contributed by atoms with E-state index < -0.39 is 0 Å². The van der Waals surface area contributed by atoms with Gasteiger partial charge in [0.05, 0.1) is 0 Å². The summed E-state index contributed by atoms with van der Waals surface area (Å²) in [6, 6.07) is 3.55. The van der Waals surface area contributed by atoms with Gasteiger partial charge in [0.1, 0.15) is 11.5 Å². The summed E-state index contributed by atoms with van der Waals surface area (Å²) in [6.45, 7) is 0. The van der Waals surface area contributed by atoms with Gasteiger partial charge in [-0.15, -0.1) is 0 Å². The van der Waals surface area contributed by atoms with E-state index in [0.29, 0.717) is 16.2 Å². The minimum absolute atomic E-state index is 0.350. The van der Waals surface area contributed by atoms with Crippen LogP contribution in [0.2, 0.25) is 0 Å². The average molecular weight is 241 g/mol. The lowest BCUT2D eigenvalue weighted by molar-refractivity contribution is -0.132. The van der Waals surface area contributed by atoms with Crippen LogP contribution in [-0.2, 0) is 9.53 Å². The Kier molecular flexibility index (Phi) is 2.06. The minimum atomic E-state index is -0.350. The van der Waals surface area contributed by atoms with Gasteiger partial charge in [-0.25, -0.2) is 4.79 Å². The molecule has 0 radical (unpaired) electrons. The van der Waals surface area contributed by atoms with E-state index in [4.69, 9.17) is 9.15 Å². The predicted octanol–water partition coefficient (Wildman–Crippen LogP) is 2.50. The van der Waals surface area contributed by atoms with Crippen molar-refractivity contribution in [3.05, 3.63) is 40.5 Å². The van der Waals surface area contributed by atoms with Crippen LogP contribution in [-0.4, -0.2) is 5.97 Å². The lowest BCUT2D eigenvalue weighted by Gasteiger charge is -1.92. The van der Waals surface area contributed by atoms with Crippen LogP contribution in [0.3, 0.4) is 0 Å². The van der Waals surface area contributed by atoms with Crippen LogP contribution < -0.4 is 0 Å². The zero-order valence-corrected chi connectivity index (χ0v) is 8.08. The molecule has 4 heteroatoms. The van der Waals surface area contributed by atoms with Crippen molar-refractivity contribution >= 4 is 28.0 Å². The third-order valence-electron chi connectivity index (χ3n) is 1.48. The standard InChI is InChI=1S/C9H5BrO3/c10-8-3-1-6(12-8)5-7-2-4-9(11)13-7/h1-5H. The van der Waals surface area contributed by atoms with E-state index in [2.05, 4.69) is 15.9 Å². The zero-order valence-electron chi connectivity index (χ0n) is 6.49. The number of carbonyl (C=O) groups is 1. The Morgan fingerprint density at radius 1 is 1.31 bits per heavy atom. The van der Waals surface area contributed by atoms with Crippen molar-refractivity contribution < 1.29 is 13.9 Å². The average Bonchev–Trinajstić information content (AvgIpc) is 2.62. The number of esters is 1. The maximum atomic E-state index is 10.7. The second-order valence-electron chi connectivity index (χ2n) is 2.44. The largest absolute Gasteiger partial charge is 0.450 e. The smallest absolute Gasteiger partial charge is 0.336 e. The number of allylic oxidation sites excluding steroid dienone is 1. The molecule has 1 aliphatic rings. The minimum Gasteiger partial charge on any atom is -0.450 e. The molecule has 0 unspecified atom stereocenters. The van der Waals surface area contributed by atoms with Gasteiger partial charge in [-0.3, -0.25) is 0 Å². The molecule has 0 aromatic carbocycles. The van der Waals surface area contributed by atoms with Gasteiger partial charge in [-0.2, -0.15) is 0 Å². The van der Waals surface area contributed by atoms with Crippen molar-refractivity contribution in [3.8, 4) is 0 Å². The molecule has 0 spiro atoms. The van der Waals surface area contributed by atoms with Gasteiger partial charge in [0.25, 0.3) is 0 Å². The molecule has 3 nitrogen and oxygen atoms in total. The van der Waals surface area contributed by atoms with Gasteiger partial charge < -0.3 is 9.15 Å². The number of cyclic esters (lactones) is 1. The molecular weight excluding hydrogens is 236 g/mol. The number of carbonyl (C=O) groups excluding carboxylic acids is 1. The highest BCUT2D eigenvalue weighted by molar-refractivity contribution is 9.10. The molecule has 0 amide bonds. The van der Waals surface area contributed by atoms with Gasteiger partial charge >= 0.3 is 5.97 Å². The quantitative estimate of drug-likeness (QED) is 0.709. The Bertz CT molecular complexity index is 401. The summed E-state index contributed by atoms with van der Waals surface area (Å²) < 4.78 is 10.7. The number of halogens is 1. The molecule has 1 aromatic rings. The Balaban J connectivity index is 2.22. The van der Waals surface area contributed by atoms with E-state index >= 15 is 0 Å². The number of ether oxygens (including phenoxy) is 1. The third-order valence-corrected chi connectivity index (χ3v) is 1.91. The Labute approximate surface area is 82.8 Å². The Morgan fingerprint density at radius 2 is 2.15 bits per heavy atom. The van der Waals surface area contributed by atoms with Crippen molar-refractivity contribution in [1.29, 1.82) is 0 Å².